The topological polar surface area (TPSA) is 47.3 Å². The Morgan fingerprint density at radius 3 is 2.29 bits per heavy atom. The molecule has 3 N–H and O–H groups in total. The van der Waals surface area contributed by atoms with Crippen molar-refractivity contribution in [1.29, 1.82) is 0 Å². The molecule has 0 aliphatic rings. The van der Waals surface area contributed by atoms with E-state index in [1.165, 1.54) is 0 Å². The summed E-state index contributed by atoms with van der Waals surface area (Å²) in [5.74, 6) is 0. The third kappa shape index (κ3) is 9.10. The smallest absolute Gasteiger partial charge is 0.0518 e. The Labute approximate surface area is 116 Å². The first-order valence-corrected chi connectivity index (χ1v) is 5.39. The summed E-state index contributed by atoms with van der Waals surface area (Å²) in [6.45, 7) is 5.83. The van der Waals surface area contributed by atoms with Crippen LogP contribution in [0.15, 0.2) is 24.3 Å². The highest BCUT2D eigenvalue weighted by Crippen LogP contribution is 2.10. The van der Waals surface area contributed by atoms with Crippen LogP contribution in [0.25, 0.3) is 0 Å². The molecule has 0 unspecified atom stereocenters. The number of hydrogen-bond acceptors (Lipinski definition) is 3. The van der Waals surface area contributed by atoms with Crippen LogP contribution in [0, 0.1) is 0 Å². The number of nitrogens with two attached hydrogens (primary N) is 1. The van der Waals surface area contributed by atoms with Crippen LogP contribution >= 0.6 is 24.8 Å². The average Bonchev–Trinajstić information content (AvgIpc) is 2.20. The molecule has 5 heteroatoms. The fourth-order valence-electron chi connectivity index (χ4n) is 1.22. The minimum absolute atomic E-state index is 0. The van der Waals surface area contributed by atoms with Gasteiger partial charge < -0.3 is 15.8 Å². The van der Waals surface area contributed by atoms with Crippen molar-refractivity contribution in [1.82, 2.24) is 0 Å². The number of halogens is 2. The van der Waals surface area contributed by atoms with Gasteiger partial charge in [0.05, 0.1) is 6.10 Å². The molecule has 0 bridgehead atoms. The van der Waals surface area contributed by atoms with Crippen molar-refractivity contribution in [2.75, 3.05) is 24.2 Å². The maximum Gasteiger partial charge on any atom is 0.0518 e. The van der Waals surface area contributed by atoms with E-state index in [2.05, 4.69) is 5.32 Å². The van der Waals surface area contributed by atoms with E-state index in [0.717, 1.165) is 30.9 Å². The third-order valence-corrected chi connectivity index (χ3v) is 2.01. The highest BCUT2D eigenvalue weighted by molar-refractivity contribution is 5.85. The van der Waals surface area contributed by atoms with Gasteiger partial charge in [-0.15, -0.1) is 24.8 Å². The van der Waals surface area contributed by atoms with Crippen LogP contribution in [-0.2, 0) is 4.74 Å². The Morgan fingerprint density at radius 1 is 1.18 bits per heavy atom. The van der Waals surface area contributed by atoms with Crippen molar-refractivity contribution >= 4 is 36.2 Å². The molecule has 0 saturated carbocycles. The first-order chi connectivity index (χ1) is 7.18. The molecule has 1 aromatic rings. The molecule has 0 atom stereocenters. The summed E-state index contributed by atoms with van der Waals surface area (Å²) in [6.07, 6.45) is 1.34. The minimum atomic E-state index is 0. The van der Waals surface area contributed by atoms with Crippen molar-refractivity contribution < 1.29 is 4.74 Å². The van der Waals surface area contributed by atoms with E-state index in [0.29, 0.717) is 6.10 Å². The van der Waals surface area contributed by atoms with Gasteiger partial charge in [-0.1, -0.05) is 0 Å². The first kappa shape index (κ1) is 18.7. The number of nitrogen functional groups attached to an aromatic ring is 1. The summed E-state index contributed by atoms with van der Waals surface area (Å²) >= 11 is 0. The van der Waals surface area contributed by atoms with Gasteiger partial charge in [0.1, 0.15) is 0 Å². The van der Waals surface area contributed by atoms with E-state index < -0.39 is 0 Å². The molecule has 0 spiro atoms. The molecule has 0 heterocycles. The van der Waals surface area contributed by atoms with E-state index in [9.17, 15) is 0 Å². The second-order valence-electron chi connectivity index (χ2n) is 3.82. The maximum absolute atomic E-state index is 5.59. The Kier molecular flexibility index (Phi) is 11.6. The summed E-state index contributed by atoms with van der Waals surface area (Å²) in [6, 6.07) is 7.76. The molecule has 0 aliphatic carbocycles. The second-order valence-corrected chi connectivity index (χ2v) is 3.82. The van der Waals surface area contributed by atoms with Gasteiger partial charge in [0.15, 0.2) is 0 Å². The fourth-order valence-corrected chi connectivity index (χ4v) is 1.22. The molecular weight excluding hydrogens is 259 g/mol. The maximum atomic E-state index is 5.59. The molecule has 0 radical (unpaired) electrons. The number of anilines is 2. The van der Waals surface area contributed by atoms with E-state index in [1.807, 2.05) is 38.1 Å². The fraction of sp³-hybridized carbons (Fsp3) is 0.500. The highest BCUT2D eigenvalue weighted by Gasteiger charge is 1.94. The number of ether oxygens (including phenoxy) is 1. The Balaban J connectivity index is 0. The van der Waals surface area contributed by atoms with Crippen LogP contribution in [0.1, 0.15) is 20.3 Å². The average molecular weight is 281 g/mol. The lowest BCUT2D eigenvalue weighted by Gasteiger charge is -2.09. The van der Waals surface area contributed by atoms with Gasteiger partial charge in [-0.3, -0.25) is 0 Å². The second kappa shape index (κ2) is 10.5. The molecule has 0 aromatic heterocycles. The zero-order valence-electron chi connectivity index (χ0n) is 10.3. The van der Waals surface area contributed by atoms with Gasteiger partial charge in [0.2, 0.25) is 0 Å². The minimum Gasteiger partial charge on any atom is -0.399 e. The number of rotatable bonds is 6. The van der Waals surface area contributed by atoms with Crippen molar-refractivity contribution in [3.05, 3.63) is 24.3 Å². The van der Waals surface area contributed by atoms with Crippen LogP contribution in [0.4, 0.5) is 11.4 Å². The van der Waals surface area contributed by atoms with Crippen molar-refractivity contribution in [3.63, 3.8) is 0 Å². The Hall–Kier alpha value is -0.640. The zero-order chi connectivity index (χ0) is 11.1. The molecule has 3 nitrogen and oxygen atoms in total. The summed E-state index contributed by atoms with van der Waals surface area (Å²) < 4.78 is 5.44. The van der Waals surface area contributed by atoms with E-state index in [4.69, 9.17) is 10.5 Å². The van der Waals surface area contributed by atoms with Crippen molar-refractivity contribution in [3.8, 4) is 0 Å². The third-order valence-electron chi connectivity index (χ3n) is 2.01. The molecule has 0 fully saturated rings. The Morgan fingerprint density at radius 2 is 1.76 bits per heavy atom. The Bertz CT molecular complexity index is 278. The predicted octanol–water partition coefficient (Wildman–Crippen LogP) is 3.34. The van der Waals surface area contributed by atoms with Gasteiger partial charge in [-0.2, -0.15) is 0 Å². The lowest BCUT2D eigenvalue weighted by molar-refractivity contribution is 0.0787. The highest BCUT2D eigenvalue weighted by atomic mass is 35.5. The van der Waals surface area contributed by atoms with Gasteiger partial charge in [0, 0.05) is 24.5 Å². The van der Waals surface area contributed by atoms with Gasteiger partial charge in [-0.05, 0) is 44.5 Å². The van der Waals surface area contributed by atoms with Gasteiger partial charge in [0.25, 0.3) is 0 Å². The van der Waals surface area contributed by atoms with E-state index >= 15 is 0 Å². The molecule has 1 aromatic carbocycles. The standard InChI is InChI=1S/C12H20N2O.2ClH/c1-10(2)15-9-3-8-14-12-6-4-11(13)5-7-12;;/h4-7,10,14H,3,8-9,13H2,1-2H3;2*1H. The zero-order valence-corrected chi connectivity index (χ0v) is 11.9. The molecule has 100 valence electrons. The van der Waals surface area contributed by atoms with Gasteiger partial charge >= 0.3 is 0 Å². The molecule has 0 amide bonds. The molecule has 0 saturated heterocycles. The van der Waals surface area contributed by atoms with Crippen LogP contribution in [0.3, 0.4) is 0 Å². The van der Waals surface area contributed by atoms with Crippen molar-refractivity contribution in [2.45, 2.75) is 26.4 Å². The van der Waals surface area contributed by atoms with Crippen molar-refractivity contribution in [2.24, 2.45) is 0 Å². The summed E-state index contributed by atoms with van der Waals surface area (Å²) in [4.78, 5) is 0. The van der Waals surface area contributed by atoms with Crippen LogP contribution < -0.4 is 11.1 Å². The van der Waals surface area contributed by atoms with Crippen LogP contribution in [0.2, 0.25) is 0 Å². The lowest BCUT2D eigenvalue weighted by Crippen LogP contribution is -2.09. The van der Waals surface area contributed by atoms with Crippen LogP contribution in [0.5, 0.6) is 0 Å². The molecule has 0 aliphatic heterocycles. The van der Waals surface area contributed by atoms with Gasteiger partial charge in [-0.25, -0.2) is 0 Å². The number of nitrogens with one attached hydrogen (secondary N) is 1. The largest absolute Gasteiger partial charge is 0.399 e. The molecule has 17 heavy (non-hydrogen) atoms. The quantitative estimate of drug-likeness (QED) is 0.621. The normalized spacial score (nSPS) is 9.35. The van der Waals surface area contributed by atoms with E-state index in [-0.39, 0.29) is 24.8 Å². The summed E-state index contributed by atoms with van der Waals surface area (Å²) in [7, 11) is 0. The monoisotopic (exact) mass is 280 g/mol. The van der Waals surface area contributed by atoms with E-state index in [1.54, 1.807) is 0 Å². The SMILES string of the molecule is CC(C)OCCCNc1ccc(N)cc1.Cl.Cl. The molecule has 1 rings (SSSR count). The van der Waals surface area contributed by atoms with Crippen LogP contribution in [-0.4, -0.2) is 19.3 Å². The lowest BCUT2D eigenvalue weighted by atomic mass is 10.3. The summed E-state index contributed by atoms with van der Waals surface area (Å²) in [5, 5.41) is 3.31. The number of benzene rings is 1. The summed E-state index contributed by atoms with van der Waals surface area (Å²) in [5.41, 5.74) is 7.49. The predicted molar refractivity (Wildman–Crippen MR) is 79.5 cm³/mol. The number of hydrogen-bond donors (Lipinski definition) is 2. The first-order valence-electron chi connectivity index (χ1n) is 5.39. The molecular formula is C12H22Cl2N2O.